The van der Waals surface area contributed by atoms with Gasteiger partial charge in [0, 0.05) is 12.1 Å². The van der Waals surface area contributed by atoms with Crippen LogP contribution < -0.4 is 5.32 Å². The number of para-hydroxylation sites is 1. The smallest absolute Gasteiger partial charge is 0.306 e. The Balaban J connectivity index is 1.78. The molecule has 0 atom stereocenters. The van der Waals surface area contributed by atoms with Crippen LogP contribution in [0.3, 0.4) is 0 Å². The molecular formula is C23H29NO3. The molecule has 27 heavy (non-hydrogen) atoms. The number of aryl methyl sites for hydroxylation is 3. The van der Waals surface area contributed by atoms with Gasteiger partial charge in [-0.05, 0) is 47.9 Å². The van der Waals surface area contributed by atoms with E-state index in [-0.39, 0.29) is 30.3 Å². The molecule has 0 aliphatic rings. The highest BCUT2D eigenvalue weighted by Gasteiger charge is 2.14. The van der Waals surface area contributed by atoms with Gasteiger partial charge in [0.05, 0.1) is 0 Å². The first-order valence-corrected chi connectivity index (χ1v) is 9.28. The molecule has 0 spiro atoms. The molecule has 2 aromatic carbocycles. The number of ether oxygens (including phenoxy) is 1. The lowest BCUT2D eigenvalue weighted by Crippen LogP contribution is -2.22. The Morgan fingerprint density at radius 1 is 0.963 bits per heavy atom. The zero-order valence-corrected chi connectivity index (χ0v) is 16.9. The third-order valence-electron chi connectivity index (χ3n) is 4.55. The Bertz CT molecular complexity index is 781. The summed E-state index contributed by atoms with van der Waals surface area (Å²) in [5.41, 5.74) is 5.19. The van der Waals surface area contributed by atoms with Crippen LogP contribution in [-0.2, 0) is 26.2 Å². The van der Waals surface area contributed by atoms with E-state index in [1.807, 2.05) is 44.2 Å². The molecule has 1 amide bonds. The van der Waals surface area contributed by atoms with Gasteiger partial charge in [0.2, 0.25) is 0 Å². The van der Waals surface area contributed by atoms with Gasteiger partial charge in [-0.1, -0.05) is 63.2 Å². The molecule has 1 N–H and O–H groups in total. The first-order valence-electron chi connectivity index (χ1n) is 9.28. The van der Waals surface area contributed by atoms with E-state index in [4.69, 9.17) is 4.74 Å². The summed E-state index contributed by atoms with van der Waals surface area (Å²) in [6, 6.07) is 14.1. The summed E-state index contributed by atoms with van der Waals surface area (Å²) >= 11 is 0. The van der Waals surface area contributed by atoms with Crippen LogP contribution in [0.2, 0.25) is 0 Å². The van der Waals surface area contributed by atoms with E-state index in [9.17, 15) is 9.59 Å². The van der Waals surface area contributed by atoms with Crippen molar-refractivity contribution >= 4 is 17.6 Å². The molecule has 0 bridgehead atoms. The maximum absolute atomic E-state index is 12.0. The van der Waals surface area contributed by atoms with Crippen molar-refractivity contribution in [1.29, 1.82) is 0 Å². The highest BCUT2D eigenvalue weighted by molar-refractivity contribution is 5.94. The molecule has 0 aromatic heterocycles. The molecule has 0 fully saturated rings. The molecule has 0 aliphatic heterocycles. The van der Waals surface area contributed by atoms with Gasteiger partial charge in [-0.25, -0.2) is 0 Å². The van der Waals surface area contributed by atoms with Crippen molar-refractivity contribution in [3.8, 4) is 0 Å². The number of carbonyl (C=O) groups is 2. The second kappa shape index (κ2) is 8.85. The van der Waals surface area contributed by atoms with Crippen LogP contribution in [0, 0.1) is 13.8 Å². The SMILES string of the molecule is Cc1cccc(C)c1NC(=O)COC(=O)CCc1ccc(C(C)(C)C)cc1. The van der Waals surface area contributed by atoms with Gasteiger partial charge in [-0.2, -0.15) is 0 Å². The van der Waals surface area contributed by atoms with Crippen molar-refractivity contribution in [2.24, 2.45) is 0 Å². The average molecular weight is 367 g/mol. The van der Waals surface area contributed by atoms with Crippen LogP contribution in [0.25, 0.3) is 0 Å². The first kappa shape index (κ1) is 20.7. The topological polar surface area (TPSA) is 55.4 Å². The Hall–Kier alpha value is -2.62. The summed E-state index contributed by atoms with van der Waals surface area (Å²) in [5, 5.41) is 2.81. The molecular weight excluding hydrogens is 338 g/mol. The third kappa shape index (κ3) is 6.24. The van der Waals surface area contributed by atoms with Crippen molar-refractivity contribution < 1.29 is 14.3 Å². The second-order valence-corrected chi connectivity index (χ2v) is 7.92. The van der Waals surface area contributed by atoms with Gasteiger partial charge in [-0.3, -0.25) is 9.59 Å². The van der Waals surface area contributed by atoms with Crippen LogP contribution in [0.1, 0.15) is 49.4 Å². The fourth-order valence-electron chi connectivity index (χ4n) is 2.82. The molecule has 0 saturated heterocycles. The predicted molar refractivity (Wildman–Crippen MR) is 109 cm³/mol. The van der Waals surface area contributed by atoms with Gasteiger partial charge >= 0.3 is 5.97 Å². The minimum absolute atomic E-state index is 0.111. The summed E-state index contributed by atoms with van der Waals surface area (Å²) in [4.78, 5) is 24.0. The molecule has 0 saturated carbocycles. The summed E-state index contributed by atoms with van der Waals surface area (Å²) in [6.45, 7) is 10.1. The van der Waals surface area contributed by atoms with Gasteiger partial charge in [-0.15, -0.1) is 0 Å². The highest BCUT2D eigenvalue weighted by Crippen LogP contribution is 2.22. The van der Waals surface area contributed by atoms with E-state index >= 15 is 0 Å². The Morgan fingerprint density at radius 2 is 1.56 bits per heavy atom. The number of hydrogen-bond acceptors (Lipinski definition) is 3. The van der Waals surface area contributed by atoms with E-state index in [0.29, 0.717) is 6.42 Å². The van der Waals surface area contributed by atoms with E-state index < -0.39 is 0 Å². The van der Waals surface area contributed by atoms with E-state index in [1.165, 1.54) is 5.56 Å². The van der Waals surface area contributed by atoms with E-state index in [1.54, 1.807) is 0 Å². The molecule has 0 aliphatic carbocycles. The Labute approximate surface area is 161 Å². The molecule has 4 heteroatoms. The number of anilines is 1. The standard InChI is InChI=1S/C23H29NO3/c1-16-7-6-8-17(2)22(16)24-20(25)15-27-21(26)14-11-18-9-12-19(13-10-18)23(3,4)5/h6-10,12-13H,11,14-15H2,1-5H3,(H,24,25). The average Bonchev–Trinajstić information content (AvgIpc) is 2.61. The highest BCUT2D eigenvalue weighted by atomic mass is 16.5. The van der Waals surface area contributed by atoms with Crippen LogP contribution in [0.4, 0.5) is 5.69 Å². The van der Waals surface area contributed by atoms with Crippen LogP contribution in [0.15, 0.2) is 42.5 Å². The van der Waals surface area contributed by atoms with Crippen molar-refractivity contribution in [3.63, 3.8) is 0 Å². The zero-order chi connectivity index (χ0) is 20.0. The Kier molecular flexibility index (Phi) is 6.78. The van der Waals surface area contributed by atoms with Gasteiger partial charge in [0.15, 0.2) is 6.61 Å². The number of esters is 1. The first-order chi connectivity index (χ1) is 12.7. The van der Waals surface area contributed by atoms with E-state index in [2.05, 4.69) is 38.2 Å². The number of hydrogen-bond donors (Lipinski definition) is 1. The maximum Gasteiger partial charge on any atom is 0.306 e. The largest absolute Gasteiger partial charge is 0.456 e. The van der Waals surface area contributed by atoms with Crippen LogP contribution in [0.5, 0.6) is 0 Å². The van der Waals surface area contributed by atoms with Gasteiger partial charge in [0.25, 0.3) is 5.91 Å². The molecule has 0 unspecified atom stereocenters. The molecule has 2 rings (SSSR count). The van der Waals surface area contributed by atoms with Crippen molar-refractivity contribution in [1.82, 2.24) is 0 Å². The van der Waals surface area contributed by atoms with Gasteiger partial charge in [0.1, 0.15) is 0 Å². The number of amides is 1. The maximum atomic E-state index is 12.0. The van der Waals surface area contributed by atoms with E-state index in [0.717, 1.165) is 22.4 Å². The zero-order valence-electron chi connectivity index (χ0n) is 16.9. The monoisotopic (exact) mass is 367 g/mol. The molecule has 0 heterocycles. The molecule has 2 aromatic rings. The van der Waals surface area contributed by atoms with Crippen LogP contribution in [-0.4, -0.2) is 18.5 Å². The van der Waals surface area contributed by atoms with Crippen molar-refractivity contribution in [3.05, 3.63) is 64.7 Å². The third-order valence-corrected chi connectivity index (χ3v) is 4.55. The van der Waals surface area contributed by atoms with Crippen molar-refractivity contribution in [2.75, 3.05) is 11.9 Å². The summed E-state index contributed by atoms with van der Waals surface area (Å²) in [7, 11) is 0. The number of benzene rings is 2. The van der Waals surface area contributed by atoms with Gasteiger partial charge < -0.3 is 10.1 Å². The minimum Gasteiger partial charge on any atom is -0.456 e. The molecule has 0 radical (unpaired) electrons. The summed E-state index contributed by atoms with van der Waals surface area (Å²) in [6.07, 6.45) is 0.854. The Morgan fingerprint density at radius 3 is 2.11 bits per heavy atom. The fourth-order valence-corrected chi connectivity index (χ4v) is 2.82. The molecule has 4 nitrogen and oxygen atoms in total. The lowest BCUT2D eigenvalue weighted by Gasteiger charge is -2.19. The predicted octanol–water partition coefficient (Wildman–Crippen LogP) is 4.72. The number of nitrogens with one attached hydrogen (secondary N) is 1. The second-order valence-electron chi connectivity index (χ2n) is 7.92. The minimum atomic E-state index is -0.369. The molecule has 144 valence electrons. The lowest BCUT2D eigenvalue weighted by atomic mass is 9.86. The quantitative estimate of drug-likeness (QED) is 0.752. The van der Waals surface area contributed by atoms with Crippen molar-refractivity contribution in [2.45, 2.75) is 52.9 Å². The fraction of sp³-hybridized carbons (Fsp3) is 0.391. The summed E-state index contributed by atoms with van der Waals surface area (Å²) < 4.78 is 5.10. The van der Waals surface area contributed by atoms with Crippen LogP contribution >= 0.6 is 0 Å². The normalized spacial score (nSPS) is 11.1. The summed E-state index contributed by atoms with van der Waals surface area (Å²) in [5.74, 6) is -0.693. The lowest BCUT2D eigenvalue weighted by molar-refractivity contribution is -0.147. The number of rotatable bonds is 6. The number of carbonyl (C=O) groups excluding carboxylic acids is 2.